The fraction of sp³-hybridized carbons (Fsp3) is 0.222. The van der Waals surface area contributed by atoms with E-state index < -0.39 is 0 Å². The lowest BCUT2D eigenvalue weighted by atomic mass is 10.3. The summed E-state index contributed by atoms with van der Waals surface area (Å²) in [5.41, 5.74) is 3.24. The third-order valence-electron chi connectivity index (χ3n) is 1.72. The van der Waals surface area contributed by atoms with E-state index in [1.165, 1.54) is 5.56 Å². The number of hydrogen-bond donors (Lipinski definition) is 0. The van der Waals surface area contributed by atoms with Gasteiger partial charge in [0.05, 0.1) is 5.69 Å². The quantitative estimate of drug-likeness (QED) is 0.552. The van der Waals surface area contributed by atoms with Crippen LogP contribution >= 0.6 is 0 Å². The molecule has 0 aliphatic carbocycles. The molecular formula is C9H9N2. The Hall–Kier alpha value is -1.31. The van der Waals surface area contributed by atoms with Crippen LogP contribution in [0.5, 0.6) is 0 Å². The third-order valence-corrected chi connectivity index (χ3v) is 1.72. The first kappa shape index (κ1) is 6.40. The van der Waals surface area contributed by atoms with Gasteiger partial charge in [-0.15, -0.1) is 0 Å². The van der Waals surface area contributed by atoms with E-state index in [0.29, 0.717) is 0 Å². The molecule has 0 spiro atoms. The van der Waals surface area contributed by atoms with E-state index in [9.17, 15) is 0 Å². The van der Waals surface area contributed by atoms with Gasteiger partial charge in [0.15, 0.2) is 0 Å². The SMILES string of the molecule is Cc1cn2c[c]cc(C)c2n1. The van der Waals surface area contributed by atoms with Crippen LogP contribution in [0.2, 0.25) is 0 Å². The number of fused-ring (bicyclic) bond motifs is 1. The Morgan fingerprint density at radius 2 is 2.27 bits per heavy atom. The van der Waals surface area contributed by atoms with Crippen LogP contribution in [0.4, 0.5) is 0 Å². The van der Waals surface area contributed by atoms with Gasteiger partial charge in [0.2, 0.25) is 0 Å². The number of rotatable bonds is 0. The second kappa shape index (κ2) is 2.09. The highest BCUT2D eigenvalue weighted by Gasteiger charge is 1.98. The summed E-state index contributed by atoms with van der Waals surface area (Å²) < 4.78 is 1.99. The van der Waals surface area contributed by atoms with Gasteiger partial charge in [-0.25, -0.2) is 4.98 Å². The lowest BCUT2D eigenvalue weighted by Crippen LogP contribution is -1.84. The van der Waals surface area contributed by atoms with Gasteiger partial charge in [-0.05, 0) is 25.5 Å². The van der Waals surface area contributed by atoms with Gasteiger partial charge in [0.25, 0.3) is 0 Å². The van der Waals surface area contributed by atoms with Crippen molar-refractivity contribution in [2.24, 2.45) is 0 Å². The van der Waals surface area contributed by atoms with Crippen LogP contribution in [0.25, 0.3) is 5.65 Å². The van der Waals surface area contributed by atoms with Crippen LogP contribution in [-0.4, -0.2) is 9.38 Å². The molecule has 0 saturated heterocycles. The first-order valence-corrected chi connectivity index (χ1v) is 3.59. The molecule has 0 aliphatic rings. The smallest absolute Gasteiger partial charge is 0.139 e. The van der Waals surface area contributed by atoms with E-state index in [4.69, 9.17) is 0 Å². The summed E-state index contributed by atoms with van der Waals surface area (Å²) in [7, 11) is 0. The Kier molecular flexibility index (Phi) is 1.22. The molecule has 2 heterocycles. The van der Waals surface area contributed by atoms with Crippen LogP contribution in [0.15, 0.2) is 18.5 Å². The summed E-state index contributed by atoms with van der Waals surface area (Å²) >= 11 is 0. The molecule has 0 atom stereocenters. The maximum Gasteiger partial charge on any atom is 0.139 e. The summed E-state index contributed by atoms with van der Waals surface area (Å²) in [6.45, 7) is 4.03. The Bertz CT molecular complexity index is 387. The topological polar surface area (TPSA) is 17.3 Å². The van der Waals surface area contributed by atoms with Crippen LogP contribution < -0.4 is 0 Å². The van der Waals surface area contributed by atoms with E-state index in [1.807, 2.05) is 36.7 Å². The summed E-state index contributed by atoms with van der Waals surface area (Å²) in [4.78, 5) is 4.36. The zero-order valence-corrected chi connectivity index (χ0v) is 6.63. The molecule has 2 rings (SSSR count). The molecule has 55 valence electrons. The predicted molar refractivity (Wildman–Crippen MR) is 43.5 cm³/mol. The van der Waals surface area contributed by atoms with Crippen molar-refractivity contribution in [2.45, 2.75) is 13.8 Å². The van der Waals surface area contributed by atoms with E-state index in [0.717, 1.165) is 11.3 Å². The number of hydrogen-bond acceptors (Lipinski definition) is 1. The Morgan fingerprint density at radius 1 is 1.45 bits per heavy atom. The van der Waals surface area contributed by atoms with Gasteiger partial charge >= 0.3 is 0 Å². The van der Waals surface area contributed by atoms with E-state index in [-0.39, 0.29) is 0 Å². The maximum absolute atomic E-state index is 4.36. The number of aromatic nitrogens is 2. The molecule has 2 aromatic heterocycles. The molecule has 0 bridgehead atoms. The second-order valence-corrected chi connectivity index (χ2v) is 2.74. The standard InChI is InChI=1S/C9H9N2/c1-7-4-3-5-11-6-8(2)10-9(7)11/h4-6H,1-2H3. The maximum atomic E-state index is 4.36. The van der Waals surface area contributed by atoms with Crippen molar-refractivity contribution in [2.75, 3.05) is 0 Å². The molecular weight excluding hydrogens is 136 g/mol. The number of imidazole rings is 1. The summed E-state index contributed by atoms with van der Waals surface area (Å²) in [6, 6.07) is 4.99. The molecule has 0 N–H and O–H groups in total. The van der Waals surface area contributed by atoms with Crippen molar-refractivity contribution in [3.05, 3.63) is 35.8 Å². The zero-order valence-electron chi connectivity index (χ0n) is 6.63. The van der Waals surface area contributed by atoms with E-state index >= 15 is 0 Å². The molecule has 2 heteroatoms. The number of pyridine rings is 1. The van der Waals surface area contributed by atoms with Gasteiger partial charge in [0, 0.05) is 18.5 Å². The molecule has 0 fully saturated rings. The van der Waals surface area contributed by atoms with Gasteiger partial charge in [0.1, 0.15) is 5.65 Å². The highest BCUT2D eigenvalue weighted by Crippen LogP contribution is 2.07. The van der Waals surface area contributed by atoms with Crippen LogP contribution in [0, 0.1) is 19.9 Å². The van der Waals surface area contributed by atoms with Gasteiger partial charge in [-0.3, -0.25) is 0 Å². The van der Waals surface area contributed by atoms with Crippen molar-refractivity contribution >= 4 is 5.65 Å². The first-order valence-electron chi connectivity index (χ1n) is 3.59. The molecule has 11 heavy (non-hydrogen) atoms. The molecule has 0 amide bonds. The van der Waals surface area contributed by atoms with Crippen LogP contribution in [-0.2, 0) is 0 Å². The zero-order chi connectivity index (χ0) is 7.84. The fourth-order valence-corrected chi connectivity index (χ4v) is 1.21. The van der Waals surface area contributed by atoms with Crippen LogP contribution in [0.3, 0.4) is 0 Å². The minimum atomic E-state index is 1.03. The van der Waals surface area contributed by atoms with Crippen molar-refractivity contribution in [1.82, 2.24) is 9.38 Å². The summed E-state index contributed by atoms with van der Waals surface area (Å²) in [5, 5.41) is 0. The van der Waals surface area contributed by atoms with Gasteiger partial charge in [-0.2, -0.15) is 0 Å². The number of aryl methyl sites for hydroxylation is 2. The predicted octanol–water partition coefficient (Wildman–Crippen LogP) is 1.75. The molecule has 0 unspecified atom stereocenters. The molecule has 2 nitrogen and oxygen atoms in total. The Balaban J connectivity index is 2.90. The lowest BCUT2D eigenvalue weighted by molar-refractivity contribution is 1.16. The normalized spacial score (nSPS) is 10.7. The van der Waals surface area contributed by atoms with E-state index in [1.54, 1.807) is 0 Å². The van der Waals surface area contributed by atoms with E-state index in [2.05, 4.69) is 11.1 Å². The van der Waals surface area contributed by atoms with Crippen molar-refractivity contribution in [3.63, 3.8) is 0 Å². The highest BCUT2D eigenvalue weighted by atomic mass is 15.0. The molecule has 0 aliphatic heterocycles. The van der Waals surface area contributed by atoms with Gasteiger partial charge in [-0.1, -0.05) is 0 Å². The van der Waals surface area contributed by atoms with Gasteiger partial charge < -0.3 is 4.40 Å². The highest BCUT2D eigenvalue weighted by molar-refractivity contribution is 5.47. The molecule has 1 radical (unpaired) electrons. The minimum Gasteiger partial charge on any atom is -0.306 e. The molecule has 0 aromatic carbocycles. The largest absolute Gasteiger partial charge is 0.306 e. The second-order valence-electron chi connectivity index (χ2n) is 2.74. The monoisotopic (exact) mass is 145 g/mol. The Labute approximate surface area is 65.5 Å². The van der Waals surface area contributed by atoms with Crippen molar-refractivity contribution in [1.29, 1.82) is 0 Å². The first-order chi connectivity index (χ1) is 5.27. The third kappa shape index (κ3) is 0.909. The summed E-state index contributed by atoms with van der Waals surface area (Å²) in [5.74, 6) is 0. The fourth-order valence-electron chi connectivity index (χ4n) is 1.21. The van der Waals surface area contributed by atoms with Crippen molar-refractivity contribution < 1.29 is 0 Å². The molecule has 2 aromatic rings. The minimum absolute atomic E-state index is 1.03. The lowest BCUT2D eigenvalue weighted by Gasteiger charge is -1.93. The average molecular weight is 145 g/mol. The summed E-state index contributed by atoms with van der Waals surface area (Å²) in [6.07, 6.45) is 3.89. The molecule has 0 saturated carbocycles. The van der Waals surface area contributed by atoms with Crippen LogP contribution in [0.1, 0.15) is 11.3 Å². The average Bonchev–Trinajstić information content (AvgIpc) is 2.31. The Morgan fingerprint density at radius 3 is 3.00 bits per heavy atom. The number of nitrogens with zero attached hydrogens (tertiary/aromatic N) is 2. The van der Waals surface area contributed by atoms with Crippen molar-refractivity contribution in [3.8, 4) is 0 Å².